The SMILES string of the molecule is C\C=C/C(/C=C1/CC/C(=C/c2ccccc2)C1=O)=C\C. The highest BCUT2D eigenvalue weighted by Gasteiger charge is 2.22. The Morgan fingerprint density at radius 1 is 1.05 bits per heavy atom. The third-order valence-corrected chi connectivity index (χ3v) is 3.42. The third-order valence-electron chi connectivity index (χ3n) is 3.42. The van der Waals surface area contributed by atoms with Crippen LogP contribution in [-0.4, -0.2) is 5.78 Å². The standard InChI is InChI=1S/C19H20O/c1-3-8-15(4-2)13-17-11-12-18(19(17)20)14-16-9-6-5-7-10-16/h3-10,13-14H,11-12H2,1-2H3/b8-3-,15-4+,17-13-,18-14-. The van der Waals surface area contributed by atoms with Crippen LogP contribution in [0.15, 0.2) is 71.4 Å². The van der Waals surface area contributed by atoms with Crippen LogP contribution in [0.25, 0.3) is 6.08 Å². The second-order valence-corrected chi connectivity index (χ2v) is 4.87. The summed E-state index contributed by atoms with van der Waals surface area (Å²) in [4.78, 5) is 12.4. The maximum Gasteiger partial charge on any atom is 0.185 e. The molecule has 0 unspecified atom stereocenters. The van der Waals surface area contributed by atoms with E-state index in [1.807, 2.05) is 74.6 Å². The smallest absolute Gasteiger partial charge is 0.185 e. The highest BCUT2D eigenvalue weighted by atomic mass is 16.1. The zero-order valence-corrected chi connectivity index (χ0v) is 12.1. The van der Waals surface area contributed by atoms with Crippen molar-refractivity contribution in [1.29, 1.82) is 0 Å². The summed E-state index contributed by atoms with van der Waals surface area (Å²) in [6.45, 7) is 3.98. The summed E-state index contributed by atoms with van der Waals surface area (Å²) < 4.78 is 0. The molecule has 1 nitrogen and oxygen atoms in total. The van der Waals surface area contributed by atoms with Gasteiger partial charge in [-0.05, 0) is 50.0 Å². The minimum Gasteiger partial charge on any atom is -0.289 e. The Labute approximate surface area is 121 Å². The molecule has 1 aliphatic rings. The van der Waals surface area contributed by atoms with E-state index in [2.05, 4.69) is 0 Å². The molecule has 0 bridgehead atoms. The van der Waals surface area contributed by atoms with Crippen LogP contribution in [0.2, 0.25) is 0 Å². The molecule has 1 heteroatoms. The largest absolute Gasteiger partial charge is 0.289 e. The van der Waals surface area contributed by atoms with E-state index in [4.69, 9.17) is 0 Å². The lowest BCUT2D eigenvalue weighted by Crippen LogP contribution is -1.96. The second-order valence-electron chi connectivity index (χ2n) is 4.87. The molecule has 0 N–H and O–H groups in total. The molecule has 0 heterocycles. The maximum absolute atomic E-state index is 12.4. The van der Waals surface area contributed by atoms with Gasteiger partial charge in [-0.1, -0.05) is 48.6 Å². The van der Waals surface area contributed by atoms with Crippen molar-refractivity contribution in [2.24, 2.45) is 0 Å². The average Bonchev–Trinajstić information content (AvgIpc) is 2.81. The summed E-state index contributed by atoms with van der Waals surface area (Å²) in [6.07, 6.45) is 11.7. The number of hydrogen-bond donors (Lipinski definition) is 0. The lowest BCUT2D eigenvalue weighted by Gasteiger charge is -1.97. The van der Waals surface area contributed by atoms with Gasteiger partial charge in [-0.15, -0.1) is 0 Å². The number of hydrogen-bond acceptors (Lipinski definition) is 1. The van der Waals surface area contributed by atoms with Gasteiger partial charge in [0.2, 0.25) is 0 Å². The zero-order chi connectivity index (χ0) is 14.4. The minimum atomic E-state index is 0.192. The molecule has 1 aromatic rings. The number of ketones is 1. The molecular weight excluding hydrogens is 244 g/mol. The van der Waals surface area contributed by atoms with E-state index in [1.165, 1.54) is 0 Å². The van der Waals surface area contributed by atoms with E-state index >= 15 is 0 Å². The van der Waals surface area contributed by atoms with Crippen LogP contribution in [0.3, 0.4) is 0 Å². The molecule has 102 valence electrons. The Morgan fingerprint density at radius 3 is 2.40 bits per heavy atom. The van der Waals surface area contributed by atoms with Gasteiger partial charge in [0, 0.05) is 11.1 Å². The molecule has 0 atom stereocenters. The van der Waals surface area contributed by atoms with Crippen molar-refractivity contribution < 1.29 is 4.79 Å². The fourth-order valence-corrected chi connectivity index (χ4v) is 2.35. The molecule has 0 saturated heterocycles. The number of allylic oxidation sites excluding steroid dienone is 7. The topological polar surface area (TPSA) is 17.1 Å². The molecule has 0 spiro atoms. The fraction of sp³-hybridized carbons (Fsp3) is 0.211. The normalized spacial score (nSPS) is 20.5. The number of carbonyl (C=O) groups is 1. The van der Waals surface area contributed by atoms with E-state index in [0.29, 0.717) is 0 Å². The number of Topliss-reactive ketones (excluding diaryl/α,β-unsaturated/α-hetero) is 1. The predicted octanol–water partition coefficient (Wildman–Crippen LogP) is 4.88. The first-order chi connectivity index (χ1) is 9.74. The highest BCUT2D eigenvalue weighted by molar-refractivity contribution is 6.13. The quantitative estimate of drug-likeness (QED) is 0.561. The lowest BCUT2D eigenvalue weighted by molar-refractivity contribution is -0.111. The minimum absolute atomic E-state index is 0.192. The summed E-state index contributed by atoms with van der Waals surface area (Å²) in [5.74, 6) is 0.192. The van der Waals surface area contributed by atoms with Crippen LogP contribution < -0.4 is 0 Å². The van der Waals surface area contributed by atoms with Gasteiger partial charge in [-0.2, -0.15) is 0 Å². The van der Waals surface area contributed by atoms with Crippen molar-refractivity contribution in [3.8, 4) is 0 Å². The number of rotatable bonds is 3. The van der Waals surface area contributed by atoms with Gasteiger partial charge in [-0.3, -0.25) is 4.79 Å². The summed E-state index contributed by atoms with van der Waals surface area (Å²) >= 11 is 0. The first-order valence-electron chi connectivity index (χ1n) is 7.04. The van der Waals surface area contributed by atoms with Crippen molar-refractivity contribution in [2.45, 2.75) is 26.7 Å². The number of benzene rings is 1. The van der Waals surface area contributed by atoms with Crippen LogP contribution >= 0.6 is 0 Å². The van der Waals surface area contributed by atoms with Crippen molar-refractivity contribution in [3.05, 3.63) is 76.9 Å². The van der Waals surface area contributed by atoms with E-state index < -0.39 is 0 Å². The van der Waals surface area contributed by atoms with Gasteiger partial charge in [-0.25, -0.2) is 0 Å². The summed E-state index contributed by atoms with van der Waals surface area (Å²) in [5.41, 5.74) is 4.02. The molecule has 0 radical (unpaired) electrons. The average molecular weight is 264 g/mol. The molecule has 0 aromatic heterocycles. The van der Waals surface area contributed by atoms with Gasteiger partial charge in [0.1, 0.15) is 0 Å². The Balaban J connectivity index is 2.22. The zero-order valence-electron chi connectivity index (χ0n) is 12.1. The van der Waals surface area contributed by atoms with Crippen molar-refractivity contribution in [1.82, 2.24) is 0 Å². The van der Waals surface area contributed by atoms with Crippen LogP contribution in [-0.2, 0) is 4.79 Å². The first kappa shape index (κ1) is 14.3. The molecule has 1 saturated carbocycles. The van der Waals surface area contributed by atoms with Crippen LogP contribution in [0.5, 0.6) is 0 Å². The van der Waals surface area contributed by atoms with Crippen molar-refractivity contribution in [3.63, 3.8) is 0 Å². The van der Waals surface area contributed by atoms with E-state index in [9.17, 15) is 4.79 Å². The van der Waals surface area contributed by atoms with Gasteiger partial charge in [0.25, 0.3) is 0 Å². The molecule has 1 aliphatic carbocycles. The van der Waals surface area contributed by atoms with Gasteiger partial charge >= 0.3 is 0 Å². The molecule has 0 aliphatic heterocycles. The second kappa shape index (κ2) is 6.85. The van der Waals surface area contributed by atoms with Crippen molar-refractivity contribution in [2.75, 3.05) is 0 Å². The molecule has 1 aromatic carbocycles. The van der Waals surface area contributed by atoms with Crippen LogP contribution in [0, 0.1) is 0 Å². The Kier molecular flexibility index (Phi) is 4.89. The van der Waals surface area contributed by atoms with E-state index in [-0.39, 0.29) is 5.78 Å². The van der Waals surface area contributed by atoms with E-state index in [1.54, 1.807) is 0 Å². The first-order valence-corrected chi connectivity index (χ1v) is 7.04. The molecular formula is C19H20O. The van der Waals surface area contributed by atoms with Gasteiger partial charge in [0.15, 0.2) is 5.78 Å². The summed E-state index contributed by atoms with van der Waals surface area (Å²) in [5, 5.41) is 0. The van der Waals surface area contributed by atoms with Gasteiger partial charge < -0.3 is 0 Å². The predicted molar refractivity (Wildman–Crippen MR) is 85.3 cm³/mol. The van der Waals surface area contributed by atoms with Crippen molar-refractivity contribution >= 4 is 11.9 Å². The fourth-order valence-electron chi connectivity index (χ4n) is 2.35. The van der Waals surface area contributed by atoms with Gasteiger partial charge in [0.05, 0.1) is 0 Å². The highest BCUT2D eigenvalue weighted by Crippen LogP contribution is 2.28. The summed E-state index contributed by atoms with van der Waals surface area (Å²) in [7, 11) is 0. The molecule has 0 amide bonds. The molecule has 2 rings (SSSR count). The third kappa shape index (κ3) is 3.45. The Bertz CT molecular complexity index is 598. The van der Waals surface area contributed by atoms with Crippen LogP contribution in [0.1, 0.15) is 32.3 Å². The summed E-state index contributed by atoms with van der Waals surface area (Å²) in [6, 6.07) is 10.0. The molecule has 1 fully saturated rings. The Morgan fingerprint density at radius 2 is 1.75 bits per heavy atom. The van der Waals surface area contributed by atoms with Crippen LogP contribution in [0.4, 0.5) is 0 Å². The lowest BCUT2D eigenvalue weighted by atomic mass is 10.1. The Hall–Kier alpha value is -2.15. The maximum atomic E-state index is 12.4. The molecule has 20 heavy (non-hydrogen) atoms. The van der Waals surface area contributed by atoms with E-state index in [0.717, 1.165) is 35.1 Å². The monoisotopic (exact) mass is 264 g/mol. The number of carbonyl (C=O) groups excluding carboxylic acids is 1.